The summed E-state index contributed by atoms with van der Waals surface area (Å²) in [4.78, 5) is 16.2. The van der Waals surface area contributed by atoms with Crippen molar-refractivity contribution in [1.82, 2.24) is 9.97 Å². The molecule has 2 heterocycles. The van der Waals surface area contributed by atoms with Gasteiger partial charge in [0.25, 0.3) is 0 Å². The lowest BCUT2D eigenvalue weighted by Gasteiger charge is -2.38. The maximum atomic E-state index is 14.4. The van der Waals surface area contributed by atoms with Crippen molar-refractivity contribution < 1.29 is 26.3 Å². The highest BCUT2D eigenvalue weighted by molar-refractivity contribution is 5.80. The molecule has 0 aliphatic heterocycles. The lowest BCUT2D eigenvalue weighted by atomic mass is 9.73. The number of benzene rings is 2. The molecule has 188 valence electrons. The van der Waals surface area contributed by atoms with Gasteiger partial charge in [-0.25, -0.2) is 0 Å². The van der Waals surface area contributed by atoms with Crippen molar-refractivity contribution in [2.24, 2.45) is 9.98 Å². The number of pyridine rings is 2. The first-order valence-electron chi connectivity index (χ1n) is 10.9. The van der Waals surface area contributed by atoms with E-state index in [0.717, 1.165) is 48.5 Å². The van der Waals surface area contributed by atoms with Crippen LogP contribution in [0.3, 0.4) is 0 Å². The van der Waals surface area contributed by atoms with E-state index in [2.05, 4.69) is 20.0 Å². The summed E-state index contributed by atoms with van der Waals surface area (Å²) in [6.45, 7) is 0. The number of aromatic nitrogens is 2. The van der Waals surface area contributed by atoms with Gasteiger partial charge in [-0.1, -0.05) is 36.4 Å². The van der Waals surface area contributed by atoms with Crippen molar-refractivity contribution in [3.63, 3.8) is 0 Å². The summed E-state index contributed by atoms with van der Waals surface area (Å²) in [6.07, 6.45) is -5.60. The Balaban J connectivity index is 1.72. The molecule has 4 nitrogen and oxygen atoms in total. The fourth-order valence-electron chi connectivity index (χ4n) is 3.76. The van der Waals surface area contributed by atoms with Crippen LogP contribution in [0.1, 0.15) is 22.5 Å². The minimum atomic E-state index is -5.69. The van der Waals surface area contributed by atoms with Crippen molar-refractivity contribution in [3.05, 3.63) is 120 Å². The van der Waals surface area contributed by atoms with E-state index in [-0.39, 0.29) is 11.4 Å². The normalized spacial score (nSPS) is 12.9. The fourth-order valence-corrected chi connectivity index (χ4v) is 3.76. The van der Waals surface area contributed by atoms with Gasteiger partial charge in [0.05, 0.1) is 35.2 Å². The monoisotopic (exact) mass is 512 g/mol. The minimum absolute atomic E-state index is 0.173. The summed E-state index contributed by atoms with van der Waals surface area (Å²) in [5.41, 5.74) is -4.90. The molecule has 0 spiro atoms. The van der Waals surface area contributed by atoms with Crippen LogP contribution in [0.4, 0.5) is 37.7 Å². The molecular weight excluding hydrogens is 494 g/mol. The van der Waals surface area contributed by atoms with Crippen LogP contribution in [0.5, 0.6) is 0 Å². The highest BCUT2D eigenvalue weighted by Gasteiger charge is 2.72. The maximum absolute atomic E-state index is 14.4. The maximum Gasteiger partial charge on any atom is 0.411 e. The Kier molecular flexibility index (Phi) is 7.19. The Morgan fingerprint density at radius 1 is 0.514 bits per heavy atom. The average Bonchev–Trinajstić information content (AvgIpc) is 2.88. The molecule has 2 aromatic heterocycles. The molecule has 4 rings (SSSR count). The Hall–Kier alpha value is -4.34. The predicted octanol–water partition coefficient (Wildman–Crippen LogP) is 7.39. The largest absolute Gasteiger partial charge is 0.411 e. The van der Waals surface area contributed by atoms with E-state index < -0.39 is 28.9 Å². The van der Waals surface area contributed by atoms with Crippen molar-refractivity contribution in [2.45, 2.75) is 17.8 Å². The first-order valence-corrected chi connectivity index (χ1v) is 10.9. The Bertz CT molecular complexity index is 1250. The molecule has 0 bridgehead atoms. The summed E-state index contributed by atoms with van der Waals surface area (Å²) in [5, 5.41) is 0. The number of rotatable bonds is 6. The Labute approximate surface area is 208 Å². The van der Waals surface area contributed by atoms with Gasteiger partial charge in [-0.2, -0.15) is 26.3 Å². The molecule has 0 atom stereocenters. The molecule has 0 amide bonds. The van der Waals surface area contributed by atoms with Gasteiger partial charge in [0, 0.05) is 12.4 Å². The van der Waals surface area contributed by atoms with Crippen molar-refractivity contribution >= 4 is 23.8 Å². The first-order chi connectivity index (χ1) is 17.6. The van der Waals surface area contributed by atoms with Gasteiger partial charge in [-0.3, -0.25) is 20.0 Å². The Morgan fingerprint density at radius 2 is 0.892 bits per heavy atom. The van der Waals surface area contributed by atoms with Gasteiger partial charge < -0.3 is 0 Å². The average molecular weight is 512 g/mol. The molecule has 0 fully saturated rings. The molecule has 4 aromatic rings. The van der Waals surface area contributed by atoms with Crippen LogP contribution in [-0.4, -0.2) is 34.7 Å². The second kappa shape index (κ2) is 10.3. The van der Waals surface area contributed by atoms with Crippen molar-refractivity contribution in [1.29, 1.82) is 0 Å². The third-order valence-electron chi connectivity index (χ3n) is 5.52. The zero-order valence-electron chi connectivity index (χ0n) is 18.9. The zero-order valence-corrected chi connectivity index (χ0v) is 18.9. The molecule has 0 saturated carbocycles. The summed E-state index contributed by atoms with van der Waals surface area (Å²) >= 11 is 0. The molecule has 37 heavy (non-hydrogen) atoms. The summed E-state index contributed by atoms with van der Waals surface area (Å²) in [6, 6.07) is 17.7. The summed E-state index contributed by atoms with van der Waals surface area (Å²) in [7, 11) is 0. The van der Waals surface area contributed by atoms with Gasteiger partial charge in [0.2, 0.25) is 5.41 Å². The van der Waals surface area contributed by atoms with Crippen LogP contribution in [0, 0.1) is 0 Å². The molecule has 0 saturated heterocycles. The van der Waals surface area contributed by atoms with Gasteiger partial charge in [-0.05, 0) is 59.7 Å². The van der Waals surface area contributed by atoms with Crippen LogP contribution >= 0.6 is 0 Å². The quantitative estimate of drug-likeness (QED) is 0.200. The number of hydrogen-bond donors (Lipinski definition) is 0. The highest BCUT2D eigenvalue weighted by Crippen LogP contribution is 2.56. The number of hydrogen-bond acceptors (Lipinski definition) is 4. The van der Waals surface area contributed by atoms with E-state index in [1.54, 1.807) is 36.4 Å². The van der Waals surface area contributed by atoms with Crippen molar-refractivity contribution in [2.75, 3.05) is 0 Å². The second-order valence-electron chi connectivity index (χ2n) is 7.86. The molecule has 0 radical (unpaired) electrons. The van der Waals surface area contributed by atoms with Crippen LogP contribution in [-0.2, 0) is 5.41 Å². The molecular formula is C27H18F6N4. The lowest BCUT2D eigenvalue weighted by molar-refractivity contribution is -0.288. The van der Waals surface area contributed by atoms with Crippen molar-refractivity contribution in [3.8, 4) is 0 Å². The Morgan fingerprint density at radius 3 is 1.19 bits per heavy atom. The van der Waals surface area contributed by atoms with Crippen LogP contribution in [0.15, 0.2) is 107 Å². The predicted molar refractivity (Wildman–Crippen MR) is 129 cm³/mol. The van der Waals surface area contributed by atoms with Crippen LogP contribution < -0.4 is 0 Å². The van der Waals surface area contributed by atoms with Gasteiger partial charge in [0.1, 0.15) is 0 Å². The van der Waals surface area contributed by atoms with E-state index in [9.17, 15) is 26.3 Å². The van der Waals surface area contributed by atoms with E-state index in [4.69, 9.17) is 0 Å². The number of alkyl halides is 6. The van der Waals surface area contributed by atoms with E-state index >= 15 is 0 Å². The molecule has 10 heteroatoms. The standard InChI is InChI=1S/C27H18F6N4/c28-26(29,30)25(27(31,32)33,19-7-11-21(12-8-19)36-17-23-5-1-3-15-34-23)20-9-13-22(14-10-20)37-18-24-6-2-4-16-35-24/h1-18H. The molecule has 0 unspecified atom stereocenters. The molecule has 0 aliphatic carbocycles. The number of nitrogens with zero attached hydrogens (tertiary/aromatic N) is 4. The lowest BCUT2D eigenvalue weighted by Crippen LogP contribution is -2.54. The van der Waals surface area contributed by atoms with Crippen LogP contribution in [0.2, 0.25) is 0 Å². The van der Waals surface area contributed by atoms with E-state index in [0.29, 0.717) is 11.4 Å². The first kappa shape index (κ1) is 25.7. The summed E-state index contributed by atoms with van der Waals surface area (Å²) in [5.74, 6) is 0. The second-order valence-corrected chi connectivity index (χ2v) is 7.86. The molecule has 0 N–H and O–H groups in total. The third-order valence-corrected chi connectivity index (χ3v) is 5.52. The fraction of sp³-hybridized carbons (Fsp3) is 0.111. The van der Waals surface area contributed by atoms with Gasteiger partial charge in [0.15, 0.2) is 0 Å². The van der Waals surface area contributed by atoms with E-state index in [1.807, 2.05) is 0 Å². The van der Waals surface area contributed by atoms with Gasteiger partial charge >= 0.3 is 12.4 Å². The number of halogens is 6. The SMILES string of the molecule is FC(F)(F)C(c1ccc(N=Cc2ccccn2)cc1)(c1ccc(N=Cc2ccccn2)cc1)C(F)(F)F. The summed E-state index contributed by atoms with van der Waals surface area (Å²) < 4.78 is 86.3. The molecule has 2 aromatic carbocycles. The van der Waals surface area contributed by atoms with Gasteiger partial charge in [-0.15, -0.1) is 0 Å². The topological polar surface area (TPSA) is 50.5 Å². The zero-order chi connectivity index (χ0) is 26.5. The van der Waals surface area contributed by atoms with Crippen LogP contribution in [0.25, 0.3) is 0 Å². The number of aliphatic imine (C=N–C) groups is 2. The van der Waals surface area contributed by atoms with E-state index in [1.165, 1.54) is 24.8 Å². The smallest absolute Gasteiger partial charge is 0.255 e. The third kappa shape index (κ3) is 5.42. The minimum Gasteiger partial charge on any atom is -0.255 e. The molecule has 0 aliphatic rings. The highest BCUT2D eigenvalue weighted by atomic mass is 19.4.